The molecule has 0 saturated carbocycles. The van der Waals surface area contributed by atoms with Crippen molar-refractivity contribution >= 4 is 5.91 Å². The van der Waals surface area contributed by atoms with Gasteiger partial charge in [-0.1, -0.05) is 44.2 Å². The molecule has 0 radical (unpaired) electrons. The van der Waals surface area contributed by atoms with Crippen LogP contribution in [0.15, 0.2) is 48.7 Å². The van der Waals surface area contributed by atoms with E-state index in [0.29, 0.717) is 11.6 Å². The monoisotopic (exact) mass is 256 g/mol. The van der Waals surface area contributed by atoms with Crippen LogP contribution in [0.25, 0.3) is 0 Å². The van der Waals surface area contributed by atoms with E-state index >= 15 is 0 Å². The van der Waals surface area contributed by atoms with E-state index in [1.165, 1.54) is 0 Å². The Morgan fingerprint density at radius 1 is 1.16 bits per heavy atom. The Morgan fingerprint density at radius 2 is 1.89 bits per heavy atom. The topological polar surface area (TPSA) is 44.9 Å². The van der Waals surface area contributed by atoms with Crippen molar-refractivity contribution in [3.63, 3.8) is 0 Å². The van der Waals surface area contributed by atoms with E-state index in [0.717, 1.165) is 12.0 Å². The zero-order chi connectivity index (χ0) is 13.7. The molecule has 19 heavy (non-hydrogen) atoms. The van der Waals surface area contributed by atoms with Gasteiger partial charge in [-0.2, -0.15) is 0 Å². The highest BCUT2D eigenvalue weighted by Crippen LogP contribution is 2.21. The third-order valence-electron chi connectivity index (χ3n) is 3.06. The Hall–Kier alpha value is -2.03. The fraction of sp³-hybridized carbons (Fsp3) is 0.312. The fourth-order valence-electron chi connectivity index (χ4n) is 2.14. The smallest absolute Gasteiger partial charge is 0.268 e. The summed E-state index contributed by atoms with van der Waals surface area (Å²) < 4.78 is 0. The van der Waals surface area contributed by atoms with Gasteiger partial charge in [0.05, 0.1) is 6.04 Å². The molecule has 0 aliphatic rings. The van der Waals surface area contributed by atoms with Gasteiger partial charge in [-0.05, 0) is 30.0 Å². The van der Waals surface area contributed by atoms with Gasteiger partial charge in [0.25, 0.3) is 5.91 Å². The van der Waals surface area contributed by atoms with E-state index in [4.69, 9.17) is 0 Å². The van der Waals surface area contributed by atoms with Gasteiger partial charge in [-0.15, -0.1) is 0 Å². The van der Waals surface area contributed by atoms with Gasteiger partial charge < -0.3 is 10.3 Å². The van der Waals surface area contributed by atoms with Crippen LogP contribution in [0.1, 0.15) is 42.4 Å². The number of benzene rings is 1. The van der Waals surface area contributed by atoms with E-state index in [1.54, 1.807) is 12.3 Å². The highest BCUT2D eigenvalue weighted by molar-refractivity contribution is 5.92. The number of hydrogen-bond acceptors (Lipinski definition) is 1. The van der Waals surface area contributed by atoms with Crippen molar-refractivity contribution in [1.82, 2.24) is 10.3 Å². The summed E-state index contributed by atoms with van der Waals surface area (Å²) in [4.78, 5) is 15.1. The van der Waals surface area contributed by atoms with Crippen LogP contribution in [0.2, 0.25) is 0 Å². The van der Waals surface area contributed by atoms with Crippen molar-refractivity contribution in [3.8, 4) is 0 Å². The van der Waals surface area contributed by atoms with Gasteiger partial charge in [0.1, 0.15) is 5.69 Å². The zero-order valence-electron chi connectivity index (χ0n) is 11.4. The summed E-state index contributed by atoms with van der Waals surface area (Å²) in [6.07, 6.45) is 2.69. The molecule has 2 N–H and O–H groups in total. The van der Waals surface area contributed by atoms with E-state index in [9.17, 15) is 4.79 Å². The van der Waals surface area contributed by atoms with E-state index in [-0.39, 0.29) is 11.9 Å². The molecule has 0 fully saturated rings. The van der Waals surface area contributed by atoms with Crippen LogP contribution in [0.3, 0.4) is 0 Å². The summed E-state index contributed by atoms with van der Waals surface area (Å²) in [5, 5.41) is 3.10. The number of carbonyl (C=O) groups is 1. The third-order valence-corrected chi connectivity index (χ3v) is 3.06. The van der Waals surface area contributed by atoms with Gasteiger partial charge in [-0.3, -0.25) is 4.79 Å². The molecule has 1 heterocycles. The largest absolute Gasteiger partial charge is 0.357 e. The molecule has 1 amide bonds. The number of hydrogen-bond donors (Lipinski definition) is 2. The van der Waals surface area contributed by atoms with E-state index in [2.05, 4.69) is 36.3 Å². The molecule has 3 nitrogen and oxygen atoms in total. The van der Waals surface area contributed by atoms with Crippen LogP contribution in [-0.2, 0) is 0 Å². The fourth-order valence-corrected chi connectivity index (χ4v) is 2.14. The van der Waals surface area contributed by atoms with Crippen LogP contribution in [-0.4, -0.2) is 10.9 Å². The molecule has 2 aromatic rings. The summed E-state index contributed by atoms with van der Waals surface area (Å²) in [6.45, 7) is 4.33. The summed E-state index contributed by atoms with van der Waals surface area (Å²) in [7, 11) is 0. The predicted molar refractivity (Wildman–Crippen MR) is 76.9 cm³/mol. The van der Waals surface area contributed by atoms with Crippen molar-refractivity contribution < 1.29 is 4.79 Å². The third kappa shape index (κ3) is 3.71. The normalized spacial score (nSPS) is 12.4. The molecule has 0 aliphatic carbocycles. The van der Waals surface area contributed by atoms with Gasteiger partial charge >= 0.3 is 0 Å². The number of H-pyrrole nitrogens is 1. The Balaban J connectivity index is 2.13. The standard InChI is InChI=1S/C16H20N2O/c1-12(2)11-15(13-7-4-3-5-8-13)18-16(19)14-9-6-10-17-14/h3-10,12,15,17H,11H2,1-2H3,(H,18,19)/t15-/m0/s1. The maximum Gasteiger partial charge on any atom is 0.268 e. The predicted octanol–water partition coefficient (Wildman–Crippen LogP) is 3.53. The Kier molecular flexibility index (Phi) is 4.39. The molecule has 1 aromatic heterocycles. The second-order valence-corrected chi connectivity index (χ2v) is 5.15. The lowest BCUT2D eigenvalue weighted by atomic mass is 9.97. The molecule has 3 heteroatoms. The zero-order valence-corrected chi connectivity index (χ0v) is 11.4. The number of nitrogens with one attached hydrogen (secondary N) is 2. The molecule has 1 aromatic carbocycles. The van der Waals surface area contributed by atoms with Gasteiger partial charge in [0.2, 0.25) is 0 Å². The van der Waals surface area contributed by atoms with Crippen LogP contribution in [0.5, 0.6) is 0 Å². The van der Waals surface area contributed by atoms with Crippen LogP contribution in [0, 0.1) is 5.92 Å². The average molecular weight is 256 g/mol. The van der Waals surface area contributed by atoms with Crippen LogP contribution in [0.4, 0.5) is 0 Å². The van der Waals surface area contributed by atoms with E-state index < -0.39 is 0 Å². The first-order valence-electron chi connectivity index (χ1n) is 6.66. The van der Waals surface area contributed by atoms with Gasteiger partial charge in [0.15, 0.2) is 0 Å². The van der Waals surface area contributed by atoms with Crippen LogP contribution < -0.4 is 5.32 Å². The number of amides is 1. The minimum absolute atomic E-state index is 0.0528. The molecular weight excluding hydrogens is 236 g/mol. The summed E-state index contributed by atoms with van der Waals surface area (Å²) >= 11 is 0. The van der Waals surface area contributed by atoms with Gasteiger partial charge in [-0.25, -0.2) is 0 Å². The summed E-state index contributed by atoms with van der Waals surface area (Å²) in [5.41, 5.74) is 1.75. The lowest BCUT2D eigenvalue weighted by Crippen LogP contribution is -2.29. The lowest BCUT2D eigenvalue weighted by molar-refractivity contribution is 0.0927. The van der Waals surface area contributed by atoms with E-state index in [1.807, 2.05) is 24.3 Å². The van der Waals surface area contributed by atoms with Crippen molar-refractivity contribution in [3.05, 3.63) is 59.9 Å². The minimum Gasteiger partial charge on any atom is -0.357 e. The lowest BCUT2D eigenvalue weighted by Gasteiger charge is -2.20. The first-order chi connectivity index (χ1) is 9.16. The first kappa shape index (κ1) is 13.4. The summed E-state index contributed by atoms with van der Waals surface area (Å²) in [6, 6.07) is 13.8. The van der Waals surface area contributed by atoms with Crippen molar-refractivity contribution in [2.45, 2.75) is 26.3 Å². The highest BCUT2D eigenvalue weighted by Gasteiger charge is 2.17. The SMILES string of the molecule is CC(C)C[C@H](NC(=O)c1ccc[nH]1)c1ccccc1. The van der Waals surface area contributed by atoms with Crippen molar-refractivity contribution in [2.75, 3.05) is 0 Å². The number of rotatable bonds is 5. The Labute approximate surface area is 114 Å². The minimum atomic E-state index is -0.0560. The molecule has 0 bridgehead atoms. The first-order valence-corrected chi connectivity index (χ1v) is 6.66. The second-order valence-electron chi connectivity index (χ2n) is 5.15. The van der Waals surface area contributed by atoms with Gasteiger partial charge in [0, 0.05) is 6.20 Å². The maximum absolute atomic E-state index is 12.1. The molecule has 2 rings (SSSR count). The molecule has 0 saturated heterocycles. The Morgan fingerprint density at radius 3 is 2.47 bits per heavy atom. The van der Waals surface area contributed by atoms with Crippen molar-refractivity contribution in [1.29, 1.82) is 0 Å². The molecular formula is C16H20N2O. The average Bonchev–Trinajstić information content (AvgIpc) is 2.92. The molecule has 100 valence electrons. The summed E-state index contributed by atoms with van der Waals surface area (Å²) in [5.74, 6) is 0.466. The second kappa shape index (κ2) is 6.23. The quantitative estimate of drug-likeness (QED) is 0.844. The molecule has 0 unspecified atom stereocenters. The molecule has 0 spiro atoms. The number of aromatic amines is 1. The highest BCUT2D eigenvalue weighted by atomic mass is 16.1. The number of carbonyl (C=O) groups excluding carboxylic acids is 1. The van der Waals surface area contributed by atoms with Crippen LogP contribution >= 0.6 is 0 Å². The number of aromatic nitrogens is 1. The molecule has 0 aliphatic heterocycles. The molecule has 1 atom stereocenters. The maximum atomic E-state index is 12.1. The van der Waals surface area contributed by atoms with Crippen molar-refractivity contribution in [2.24, 2.45) is 5.92 Å². The Bertz CT molecular complexity index is 503.